The van der Waals surface area contributed by atoms with Crippen LogP contribution in [0.15, 0.2) is 35.4 Å². The van der Waals surface area contributed by atoms with Crippen molar-refractivity contribution in [3.63, 3.8) is 0 Å². The summed E-state index contributed by atoms with van der Waals surface area (Å²) in [5, 5.41) is 15.1. The molecule has 8 heteroatoms. The first kappa shape index (κ1) is 19.3. The summed E-state index contributed by atoms with van der Waals surface area (Å²) in [5.74, 6) is -0.420. The van der Waals surface area contributed by atoms with Crippen LogP contribution in [0.2, 0.25) is 0 Å². The third kappa shape index (κ3) is 3.81. The number of aryl methyl sites for hydroxylation is 2. The maximum Gasteiger partial charge on any atom is 0.256 e. The summed E-state index contributed by atoms with van der Waals surface area (Å²) in [6.07, 6.45) is 3.58. The highest BCUT2D eigenvalue weighted by Gasteiger charge is 2.42. The summed E-state index contributed by atoms with van der Waals surface area (Å²) in [5.41, 5.74) is -1.08. The maximum atomic E-state index is 13.1. The second-order valence-corrected chi connectivity index (χ2v) is 7.57. The van der Waals surface area contributed by atoms with Crippen LogP contribution in [-0.4, -0.2) is 55.6 Å². The molecule has 0 saturated carbocycles. The Hall–Kier alpha value is -2.45. The van der Waals surface area contributed by atoms with Gasteiger partial charge in [-0.15, -0.1) is 0 Å². The lowest BCUT2D eigenvalue weighted by Gasteiger charge is -2.42. The summed E-state index contributed by atoms with van der Waals surface area (Å²) in [4.78, 5) is 26.8. The molecule has 0 spiro atoms. The van der Waals surface area contributed by atoms with Gasteiger partial charge in [0, 0.05) is 37.1 Å². The van der Waals surface area contributed by atoms with E-state index in [1.807, 2.05) is 20.2 Å². The highest BCUT2D eigenvalue weighted by Crippen LogP contribution is 2.30. The third-order valence-corrected chi connectivity index (χ3v) is 5.07. The van der Waals surface area contributed by atoms with Crippen molar-refractivity contribution < 1.29 is 14.6 Å². The highest BCUT2D eigenvalue weighted by atomic mass is 16.5. The molecule has 1 N–H and O–H groups in total. The van der Waals surface area contributed by atoms with E-state index in [9.17, 15) is 14.7 Å². The molecule has 0 aromatic carbocycles. The normalized spacial score (nSPS) is 22.5. The molecule has 2 atom stereocenters. The minimum Gasteiger partial charge on any atom is -0.378 e. The molecule has 146 valence electrons. The van der Waals surface area contributed by atoms with Gasteiger partial charge in [-0.2, -0.15) is 5.10 Å². The van der Waals surface area contributed by atoms with Crippen molar-refractivity contribution >= 4 is 5.91 Å². The van der Waals surface area contributed by atoms with Crippen molar-refractivity contribution in [2.24, 2.45) is 7.05 Å². The number of ether oxygens (including phenoxy) is 1. The van der Waals surface area contributed by atoms with Crippen LogP contribution in [0.1, 0.15) is 25.1 Å². The number of carbonyl (C=O) groups is 1. The maximum absolute atomic E-state index is 13.1. The molecule has 3 rings (SSSR count). The van der Waals surface area contributed by atoms with Crippen LogP contribution in [0.25, 0.3) is 0 Å². The van der Waals surface area contributed by atoms with Gasteiger partial charge < -0.3 is 19.3 Å². The molecule has 1 aliphatic rings. The van der Waals surface area contributed by atoms with Gasteiger partial charge in [-0.05, 0) is 26.8 Å². The molecule has 27 heavy (non-hydrogen) atoms. The molecule has 1 saturated heterocycles. The standard InChI is InChI=1S/C19H26N4O4/c1-14-6-5-7-16(24)23(14)12-18(2,26)17(25)22-8-9-27-19(3,13-22)15-10-20-21(4)11-15/h5-7,10-11,26H,8-9,12-13H2,1-4H3. The van der Waals surface area contributed by atoms with Gasteiger partial charge in [-0.3, -0.25) is 14.3 Å². The first-order valence-corrected chi connectivity index (χ1v) is 8.94. The predicted octanol–water partition coefficient (Wildman–Crippen LogP) is 0.415. The molecule has 0 radical (unpaired) electrons. The van der Waals surface area contributed by atoms with Crippen LogP contribution in [0, 0.1) is 6.92 Å². The van der Waals surface area contributed by atoms with Crippen LogP contribution >= 0.6 is 0 Å². The third-order valence-electron chi connectivity index (χ3n) is 5.07. The smallest absolute Gasteiger partial charge is 0.256 e. The number of carbonyl (C=O) groups excluding carboxylic acids is 1. The second kappa shape index (κ2) is 6.94. The number of nitrogens with zero attached hydrogens (tertiary/aromatic N) is 4. The number of amides is 1. The van der Waals surface area contributed by atoms with E-state index in [-0.39, 0.29) is 12.1 Å². The average Bonchev–Trinajstić information content (AvgIpc) is 3.05. The number of morpholine rings is 1. The Morgan fingerprint density at radius 3 is 2.81 bits per heavy atom. The van der Waals surface area contributed by atoms with Gasteiger partial charge in [0.15, 0.2) is 5.60 Å². The quantitative estimate of drug-likeness (QED) is 0.838. The van der Waals surface area contributed by atoms with Crippen molar-refractivity contribution in [1.29, 1.82) is 0 Å². The van der Waals surface area contributed by atoms with Crippen LogP contribution in [0.5, 0.6) is 0 Å². The topological polar surface area (TPSA) is 89.6 Å². The Labute approximate surface area is 158 Å². The van der Waals surface area contributed by atoms with Gasteiger partial charge in [-0.25, -0.2) is 0 Å². The van der Waals surface area contributed by atoms with Crippen molar-refractivity contribution in [3.05, 3.63) is 52.2 Å². The second-order valence-electron chi connectivity index (χ2n) is 7.57. The molecule has 0 aliphatic carbocycles. The fourth-order valence-corrected chi connectivity index (χ4v) is 3.45. The number of aliphatic hydroxyl groups is 1. The molecule has 2 aromatic rings. The lowest BCUT2D eigenvalue weighted by atomic mass is 9.95. The number of hydrogen-bond acceptors (Lipinski definition) is 5. The van der Waals surface area contributed by atoms with E-state index >= 15 is 0 Å². The van der Waals surface area contributed by atoms with Crippen molar-refractivity contribution in [2.75, 3.05) is 19.7 Å². The van der Waals surface area contributed by atoms with Crippen LogP contribution in [0.3, 0.4) is 0 Å². The van der Waals surface area contributed by atoms with E-state index in [1.54, 1.807) is 34.8 Å². The first-order valence-electron chi connectivity index (χ1n) is 8.94. The number of pyridine rings is 1. The molecule has 1 aliphatic heterocycles. The van der Waals surface area contributed by atoms with E-state index in [4.69, 9.17) is 4.74 Å². The van der Waals surface area contributed by atoms with Crippen molar-refractivity contribution in [1.82, 2.24) is 19.2 Å². The summed E-state index contributed by atoms with van der Waals surface area (Å²) >= 11 is 0. The van der Waals surface area contributed by atoms with E-state index in [1.165, 1.54) is 17.6 Å². The van der Waals surface area contributed by atoms with Gasteiger partial charge in [0.05, 0.1) is 25.9 Å². The van der Waals surface area contributed by atoms with E-state index in [0.717, 1.165) is 5.56 Å². The van der Waals surface area contributed by atoms with E-state index < -0.39 is 17.1 Å². The zero-order valence-corrected chi connectivity index (χ0v) is 16.2. The Morgan fingerprint density at radius 1 is 1.44 bits per heavy atom. The monoisotopic (exact) mass is 374 g/mol. The summed E-state index contributed by atoms with van der Waals surface area (Å²) in [6.45, 7) is 6.07. The average molecular weight is 374 g/mol. The van der Waals surface area contributed by atoms with Gasteiger partial charge in [0.2, 0.25) is 0 Å². The minimum absolute atomic E-state index is 0.0989. The molecular weight excluding hydrogens is 348 g/mol. The zero-order valence-electron chi connectivity index (χ0n) is 16.2. The van der Waals surface area contributed by atoms with E-state index in [2.05, 4.69) is 5.10 Å². The summed E-state index contributed by atoms with van der Waals surface area (Å²) in [7, 11) is 1.82. The summed E-state index contributed by atoms with van der Waals surface area (Å²) in [6, 6.07) is 4.85. The fraction of sp³-hybridized carbons (Fsp3) is 0.526. The molecule has 0 bridgehead atoms. The van der Waals surface area contributed by atoms with Crippen LogP contribution in [0.4, 0.5) is 0 Å². The molecular formula is C19H26N4O4. The largest absolute Gasteiger partial charge is 0.378 e. The van der Waals surface area contributed by atoms with Crippen molar-refractivity contribution in [3.8, 4) is 0 Å². The summed E-state index contributed by atoms with van der Waals surface area (Å²) < 4.78 is 9.03. The molecule has 2 unspecified atom stereocenters. The first-order chi connectivity index (χ1) is 12.6. The SMILES string of the molecule is Cc1cccc(=O)n1CC(C)(O)C(=O)N1CCOC(C)(c2cnn(C)c2)C1. The molecule has 1 fully saturated rings. The Bertz CT molecular complexity index is 901. The fourth-order valence-electron chi connectivity index (χ4n) is 3.45. The van der Waals surface area contributed by atoms with E-state index in [0.29, 0.717) is 25.4 Å². The lowest BCUT2D eigenvalue weighted by Crippen LogP contribution is -2.57. The van der Waals surface area contributed by atoms with Crippen molar-refractivity contribution in [2.45, 2.75) is 38.5 Å². The minimum atomic E-state index is -1.71. The number of aromatic nitrogens is 3. The molecule has 3 heterocycles. The van der Waals surface area contributed by atoms with Gasteiger partial charge in [0.1, 0.15) is 5.60 Å². The van der Waals surface area contributed by atoms with Gasteiger partial charge in [-0.1, -0.05) is 6.07 Å². The lowest BCUT2D eigenvalue weighted by molar-refractivity contribution is -0.167. The predicted molar refractivity (Wildman–Crippen MR) is 99.2 cm³/mol. The number of hydrogen-bond donors (Lipinski definition) is 1. The van der Waals surface area contributed by atoms with Gasteiger partial charge in [0.25, 0.3) is 11.5 Å². The van der Waals surface area contributed by atoms with Gasteiger partial charge >= 0.3 is 0 Å². The Kier molecular flexibility index (Phi) is 4.96. The number of rotatable bonds is 4. The van der Waals surface area contributed by atoms with Crippen LogP contribution in [-0.2, 0) is 28.7 Å². The van der Waals surface area contributed by atoms with Crippen LogP contribution < -0.4 is 5.56 Å². The Balaban J connectivity index is 1.80. The molecule has 2 aromatic heterocycles. The molecule has 1 amide bonds. The zero-order chi connectivity index (χ0) is 19.8. The highest BCUT2D eigenvalue weighted by molar-refractivity contribution is 5.84. The molecule has 8 nitrogen and oxygen atoms in total. The Morgan fingerprint density at radius 2 is 2.19 bits per heavy atom.